The SMILES string of the molecule is CC[C@H]1OC(=O)[C@H](C)[C@@H](O[C@H]2C[C@@](C)(OC)[C@@H](O)[C@H](C)O2)[C@H](C)[C@@H](O[C@@H]2O[C@H](C)CC(N(C)CC(O)CNC(CCO)C(=O)NC3CCOC3=O)[C@H]2O)[C@](C)(O)C[C@@H](C)CN(C)[C@H](C)[C@@H](O)[C@]1(C)O. The van der Waals surface area contributed by atoms with Crippen molar-refractivity contribution >= 4 is 17.8 Å². The van der Waals surface area contributed by atoms with Gasteiger partial charge in [-0.2, -0.15) is 0 Å². The number of aliphatic hydroxyl groups is 7. The zero-order valence-electron chi connectivity index (χ0n) is 43.3. The molecule has 0 spiro atoms. The second-order valence-corrected chi connectivity index (χ2v) is 21.3. The number of nitrogens with zero attached hydrogens (tertiary/aromatic N) is 2. The Balaban J connectivity index is 1.67. The number of carbonyl (C=O) groups is 3. The maximum atomic E-state index is 14.4. The number of likely N-dealkylation sites (N-methyl/N-ethyl adjacent to an activating group) is 2. The molecule has 4 aliphatic heterocycles. The molecule has 4 saturated heterocycles. The fourth-order valence-corrected chi connectivity index (χ4v) is 10.8. The summed E-state index contributed by atoms with van der Waals surface area (Å²) in [6, 6.07) is -2.94. The molecular formula is C48H88N4O17. The van der Waals surface area contributed by atoms with Crippen LogP contribution in [0.5, 0.6) is 0 Å². The third-order valence-corrected chi connectivity index (χ3v) is 15.2. The summed E-state index contributed by atoms with van der Waals surface area (Å²) in [5.41, 5.74) is -4.67. The molecule has 0 aromatic carbocycles. The van der Waals surface area contributed by atoms with Crippen LogP contribution in [0.4, 0.5) is 0 Å². The van der Waals surface area contributed by atoms with E-state index >= 15 is 0 Å². The summed E-state index contributed by atoms with van der Waals surface area (Å²) in [6.45, 7) is 17.3. The summed E-state index contributed by atoms with van der Waals surface area (Å²) >= 11 is 0. The quantitative estimate of drug-likeness (QED) is 0.0874. The minimum atomic E-state index is -1.87. The number of rotatable bonds is 16. The molecule has 0 aliphatic carbocycles. The zero-order chi connectivity index (χ0) is 51.9. The maximum Gasteiger partial charge on any atom is 0.328 e. The van der Waals surface area contributed by atoms with E-state index in [2.05, 4.69) is 10.6 Å². The van der Waals surface area contributed by atoms with Gasteiger partial charge in [0.15, 0.2) is 12.6 Å². The highest BCUT2D eigenvalue weighted by Gasteiger charge is 2.53. The molecule has 0 saturated carbocycles. The van der Waals surface area contributed by atoms with E-state index in [1.54, 1.807) is 67.5 Å². The molecule has 0 aromatic rings. The van der Waals surface area contributed by atoms with E-state index in [1.807, 2.05) is 18.7 Å². The van der Waals surface area contributed by atoms with Gasteiger partial charge in [-0.1, -0.05) is 20.8 Å². The fraction of sp³-hybridized carbons (Fsp3) is 0.938. The number of hydrogen-bond acceptors (Lipinski definition) is 20. The minimum Gasteiger partial charge on any atom is -0.464 e. The number of hydrogen-bond donors (Lipinski definition) is 9. The normalized spacial score (nSPS) is 43.3. The molecule has 4 aliphatic rings. The zero-order valence-corrected chi connectivity index (χ0v) is 43.3. The van der Waals surface area contributed by atoms with Crippen molar-refractivity contribution in [3.8, 4) is 0 Å². The summed E-state index contributed by atoms with van der Waals surface area (Å²) in [5, 5.41) is 85.9. The lowest BCUT2D eigenvalue weighted by Gasteiger charge is -2.49. The van der Waals surface area contributed by atoms with Crippen molar-refractivity contribution in [3.05, 3.63) is 0 Å². The molecule has 0 bridgehead atoms. The first-order valence-corrected chi connectivity index (χ1v) is 24.9. The van der Waals surface area contributed by atoms with Gasteiger partial charge in [-0.25, -0.2) is 4.79 Å². The summed E-state index contributed by atoms with van der Waals surface area (Å²) in [5.74, 6) is -4.05. The van der Waals surface area contributed by atoms with Crippen LogP contribution in [0, 0.1) is 17.8 Å². The van der Waals surface area contributed by atoms with Crippen molar-refractivity contribution < 1.29 is 83.3 Å². The molecular weight excluding hydrogens is 905 g/mol. The fourth-order valence-electron chi connectivity index (χ4n) is 10.8. The predicted octanol–water partition coefficient (Wildman–Crippen LogP) is -0.596. The van der Waals surface area contributed by atoms with Crippen molar-refractivity contribution in [2.45, 2.75) is 216 Å². The van der Waals surface area contributed by atoms with Crippen molar-refractivity contribution in [2.24, 2.45) is 17.8 Å². The highest BCUT2D eigenvalue weighted by atomic mass is 16.7. The van der Waals surface area contributed by atoms with Gasteiger partial charge < -0.3 is 84.4 Å². The van der Waals surface area contributed by atoms with Gasteiger partial charge in [0.05, 0.1) is 60.3 Å². The second kappa shape index (κ2) is 25.2. The summed E-state index contributed by atoms with van der Waals surface area (Å²) in [7, 11) is 5.00. The van der Waals surface area contributed by atoms with Crippen LogP contribution in [0.25, 0.3) is 0 Å². The Labute approximate surface area is 408 Å². The van der Waals surface area contributed by atoms with Gasteiger partial charge in [-0.05, 0) is 94.2 Å². The predicted molar refractivity (Wildman–Crippen MR) is 250 cm³/mol. The van der Waals surface area contributed by atoms with E-state index in [9.17, 15) is 50.1 Å². The molecule has 21 heteroatoms. The van der Waals surface area contributed by atoms with Crippen molar-refractivity contribution in [1.82, 2.24) is 20.4 Å². The van der Waals surface area contributed by atoms with E-state index in [0.29, 0.717) is 19.4 Å². The third kappa shape index (κ3) is 14.7. The van der Waals surface area contributed by atoms with Crippen molar-refractivity contribution in [2.75, 3.05) is 54.1 Å². The van der Waals surface area contributed by atoms with Crippen LogP contribution in [0.3, 0.4) is 0 Å². The molecule has 4 rings (SSSR count). The first-order valence-electron chi connectivity index (χ1n) is 24.9. The van der Waals surface area contributed by atoms with E-state index < -0.39 is 138 Å². The van der Waals surface area contributed by atoms with Crippen molar-refractivity contribution in [3.63, 3.8) is 0 Å². The van der Waals surface area contributed by atoms with Crippen LogP contribution >= 0.6 is 0 Å². The number of methoxy groups -OCH3 is 1. The van der Waals surface area contributed by atoms with Gasteiger partial charge in [-0.15, -0.1) is 0 Å². The van der Waals surface area contributed by atoms with Gasteiger partial charge >= 0.3 is 11.9 Å². The average Bonchev–Trinajstić information content (AvgIpc) is 3.68. The number of carbonyl (C=O) groups excluding carboxylic acids is 3. The monoisotopic (exact) mass is 993 g/mol. The summed E-state index contributed by atoms with van der Waals surface area (Å²) < 4.78 is 42.9. The van der Waals surface area contributed by atoms with Gasteiger partial charge in [0, 0.05) is 64.2 Å². The lowest BCUT2D eigenvalue weighted by molar-refractivity contribution is -0.318. The van der Waals surface area contributed by atoms with E-state index in [-0.39, 0.29) is 57.9 Å². The van der Waals surface area contributed by atoms with E-state index in [0.717, 1.165) is 0 Å². The van der Waals surface area contributed by atoms with Gasteiger partial charge in [0.25, 0.3) is 0 Å². The summed E-state index contributed by atoms with van der Waals surface area (Å²) in [6.07, 6.45) is -10.8. The molecule has 21 atom stereocenters. The molecule has 21 nitrogen and oxygen atoms in total. The van der Waals surface area contributed by atoms with Crippen LogP contribution in [0.2, 0.25) is 0 Å². The first kappa shape index (κ1) is 59.4. The molecule has 69 heavy (non-hydrogen) atoms. The van der Waals surface area contributed by atoms with Crippen LogP contribution in [0.1, 0.15) is 108 Å². The first-order chi connectivity index (χ1) is 32.1. The Hall–Kier alpha value is -2.19. The highest BCUT2D eigenvalue weighted by Crippen LogP contribution is 2.40. The Morgan fingerprint density at radius 2 is 1.65 bits per heavy atom. The molecule has 4 unspecified atom stereocenters. The number of aliphatic hydroxyl groups excluding tert-OH is 5. The average molecular weight is 993 g/mol. The maximum absolute atomic E-state index is 14.4. The Morgan fingerprint density at radius 1 is 0.986 bits per heavy atom. The molecule has 0 radical (unpaired) electrons. The number of nitrogens with one attached hydrogen (secondary N) is 2. The van der Waals surface area contributed by atoms with E-state index in [4.69, 9.17) is 33.2 Å². The third-order valence-electron chi connectivity index (χ3n) is 15.2. The van der Waals surface area contributed by atoms with Gasteiger partial charge in [0.1, 0.15) is 36.1 Å². The molecule has 402 valence electrons. The van der Waals surface area contributed by atoms with Crippen LogP contribution in [0.15, 0.2) is 0 Å². The number of amides is 1. The molecule has 1 amide bonds. The Morgan fingerprint density at radius 3 is 2.25 bits per heavy atom. The standard InChI is InChI=1S/C48H88N4O17/c1-14-35-48(10,62)39(56)29(6)51(11)23-25(2)20-46(8,61)41(27(4)38(28(5)43(59)67-35)68-36-21-47(9,63-13)40(57)30(7)66-36)69-45-37(55)34(19-26(3)65-45)52(12)24-31(54)22-49-32(15-17-53)42(58)50-33-16-18-64-44(33)60/h25-41,45,49,53-57,61-62H,14-24H2,1-13H3,(H,50,58)/t25-,26-,27+,28-,29-,30+,31?,32?,33?,34?,35-,36+,37-,38+,39-,40+,41-,45+,46-,47-,48-/m1/s1. The van der Waals surface area contributed by atoms with E-state index in [1.165, 1.54) is 14.0 Å². The number of ether oxygens (including phenoxy) is 7. The summed E-state index contributed by atoms with van der Waals surface area (Å²) in [4.78, 5) is 43.0. The topological polar surface area (TPSA) is 288 Å². The minimum absolute atomic E-state index is 0.0299. The van der Waals surface area contributed by atoms with Crippen LogP contribution < -0.4 is 10.6 Å². The van der Waals surface area contributed by atoms with Crippen LogP contribution in [-0.4, -0.2) is 226 Å². The van der Waals surface area contributed by atoms with Crippen molar-refractivity contribution in [1.29, 1.82) is 0 Å². The highest BCUT2D eigenvalue weighted by molar-refractivity contribution is 5.88. The molecule has 0 aromatic heterocycles. The largest absolute Gasteiger partial charge is 0.464 e. The smallest absolute Gasteiger partial charge is 0.328 e. The van der Waals surface area contributed by atoms with Gasteiger partial charge in [0.2, 0.25) is 5.91 Å². The Kier molecular flexibility index (Phi) is 21.7. The Bertz CT molecular complexity index is 1650. The molecule has 9 N–H and O–H groups in total. The second-order valence-electron chi connectivity index (χ2n) is 21.3. The lowest BCUT2D eigenvalue weighted by atomic mass is 9.77. The van der Waals surface area contributed by atoms with Gasteiger partial charge in [-0.3, -0.25) is 14.5 Å². The van der Waals surface area contributed by atoms with Crippen LogP contribution in [-0.2, 0) is 47.5 Å². The molecule has 4 heterocycles. The lowest BCUT2D eigenvalue weighted by Crippen LogP contribution is -2.61. The number of esters is 2. The molecule has 4 fully saturated rings. The number of cyclic esters (lactones) is 2.